The first-order valence-corrected chi connectivity index (χ1v) is 11.7. The number of sulfonamides is 1. The molecule has 2 aliphatic rings. The zero-order valence-corrected chi connectivity index (χ0v) is 15.5. The number of likely N-dealkylation sites (tertiary alicyclic amines) is 1. The van der Waals surface area contributed by atoms with Gasteiger partial charge in [-0.25, -0.2) is 16.8 Å². The van der Waals surface area contributed by atoms with E-state index in [1.807, 2.05) is 0 Å². The summed E-state index contributed by atoms with van der Waals surface area (Å²) in [4.78, 5) is 2.77. The summed E-state index contributed by atoms with van der Waals surface area (Å²) < 4.78 is 50.0. The lowest BCUT2D eigenvalue weighted by Crippen LogP contribution is -2.45. The Balaban J connectivity index is 1.70. The highest BCUT2D eigenvalue weighted by atomic mass is 32.2. The van der Waals surface area contributed by atoms with Crippen LogP contribution in [-0.4, -0.2) is 64.5 Å². The number of hydrogen-bond donors (Lipinski definition) is 0. The van der Waals surface area contributed by atoms with Gasteiger partial charge in [0.1, 0.15) is 0 Å². The van der Waals surface area contributed by atoms with Crippen LogP contribution in [0.1, 0.15) is 25.7 Å². The van der Waals surface area contributed by atoms with Crippen molar-refractivity contribution < 1.29 is 16.8 Å². The fourth-order valence-electron chi connectivity index (χ4n) is 3.56. The van der Waals surface area contributed by atoms with E-state index in [2.05, 4.69) is 4.90 Å². The molecule has 2 heterocycles. The molecule has 2 aliphatic heterocycles. The van der Waals surface area contributed by atoms with Crippen molar-refractivity contribution in [2.24, 2.45) is 0 Å². The molecule has 6 nitrogen and oxygen atoms in total. The van der Waals surface area contributed by atoms with Crippen LogP contribution >= 0.6 is 0 Å². The summed E-state index contributed by atoms with van der Waals surface area (Å²) in [5, 5.41) is 0. The Bertz CT molecular complexity index is 774. The molecule has 24 heavy (non-hydrogen) atoms. The maximum atomic E-state index is 12.7. The van der Waals surface area contributed by atoms with Crippen molar-refractivity contribution in [2.75, 3.05) is 32.4 Å². The molecular formula is C16H24N2O4S2. The van der Waals surface area contributed by atoms with Crippen molar-refractivity contribution in [3.63, 3.8) is 0 Å². The standard InChI is InChI=1S/C16H24N2O4S2/c1-23(19,20)15-4-6-16(7-5-15)24(21,22)18-12-8-14(9-13-18)17-10-2-3-11-17/h4-7,14H,2-3,8-13H2,1H3. The van der Waals surface area contributed by atoms with E-state index in [1.165, 1.54) is 41.4 Å². The summed E-state index contributed by atoms with van der Waals surface area (Å²) in [6.07, 6.45) is 5.32. The molecule has 2 saturated heterocycles. The smallest absolute Gasteiger partial charge is 0.243 e. The monoisotopic (exact) mass is 372 g/mol. The van der Waals surface area contributed by atoms with Gasteiger partial charge >= 0.3 is 0 Å². The topological polar surface area (TPSA) is 74.8 Å². The van der Waals surface area contributed by atoms with Crippen LogP contribution in [0.3, 0.4) is 0 Å². The lowest BCUT2D eigenvalue weighted by atomic mass is 10.1. The number of benzene rings is 1. The highest BCUT2D eigenvalue weighted by Gasteiger charge is 2.32. The predicted molar refractivity (Wildman–Crippen MR) is 92.1 cm³/mol. The van der Waals surface area contributed by atoms with Crippen molar-refractivity contribution in [3.8, 4) is 0 Å². The number of hydrogen-bond acceptors (Lipinski definition) is 5. The third-order valence-corrected chi connectivity index (χ3v) is 8.01. The van der Waals surface area contributed by atoms with Crippen LogP contribution in [0, 0.1) is 0 Å². The normalized spacial score (nSPS) is 22.0. The molecule has 0 radical (unpaired) electrons. The molecule has 8 heteroatoms. The number of sulfone groups is 1. The van der Waals surface area contributed by atoms with Gasteiger partial charge in [-0.15, -0.1) is 0 Å². The fraction of sp³-hybridized carbons (Fsp3) is 0.625. The zero-order valence-electron chi connectivity index (χ0n) is 13.9. The van der Waals surface area contributed by atoms with Crippen LogP contribution < -0.4 is 0 Å². The highest BCUT2D eigenvalue weighted by molar-refractivity contribution is 7.90. The van der Waals surface area contributed by atoms with Crippen LogP contribution in [-0.2, 0) is 19.9 Å². The van der Waals surface area contributed by atoms with Gasteiger partial charge in [-0.2, -0.15) is 4.31 Å². The minimum absolute atomic E-state index is 0.134. The largest absolute Gasteiger partial charge is 0.300 e. The Hall–Kier alpha value is -0.960. The van der Waals surface area contributed by atoms with E-state index in [1.54, 1.807) is 0 Å². The van der Waals surface area contributed by atoms with E-state index in [9.17, 15) is 16.8 Å². The Morgan fingerprint density at radius 1 is 0.833 bits per heavy atom. The van der Waals surface area contributed by atoms with E-state index in [0.717, 1.165) is 32.2 Å². The molecular weight excluding hydrogens is 348 g/mol. The molecule has 0 amide bonds. The van der Waals surface area contributed by atoms with Crippen LogP contribution in [0.5, 0.6) is 0 Å². The van der Waals surface area contributed by atoms with Crippen molar-refractivity contribution in [2.45, 2.75) is 41.5 Å². The van der Waals surface area contributed by atoms with E-state index in [0.29, 0.717) is 19.1 Å². The fourth-order valence-corrected chi connectivity index (χ4v) is 5.66. The van der Waals surface area contributed by atoms with Gasteiger partial charge in [0.05, 0.1) is 9.79 Å². The van der Waals surface area contributed by atoms with Gasteiger partial charge in [-0.05, 0) is 63.0 Å². The first-order chi connectivity index (χ1) is 11.3. The Labute approximate surface area is 144 Å². The molecule has 3 rings (SSSR count). The van der Waals surface area contributed by atoms with Crippen LogP contribution in [0.25, 0.3) is 0 Å². The third-order valence-electron chi connectivity index (χ3n) is 4.97. The number of nitrogens with zero attached hydrogens (tertiary/aromatic N) is 2. The zero-order chi connectivity index (χ0) is 17.4. The SMILES string of the molecule is CS(=O)(=O)c1ccc(S(=O)(=O)N2CCC(N3CCCC3)CC2)cc1. The molecule has 0 unspecified atom stereocenters. The van der Waals surface area contributed by atoms with Gasteiger partial charge in [0.25, 0.3) is 0 Å². The molecule has 1 aromatic carbocycles. The lowest BCUT2D eigenvalue weighted by Gasteiger charge is -2.36. The average molecular weight is 373 g/mol. The maximum Gasteiger partial charge on any atom is 0.243 e. The molecule has 0 aliphatic carbocycles. The molecule has 1 aromatic rings. The summed E-state index contributed by atoms with van der Waals surface area (Å²) in [5.74, 6) is 0. The molecule has 0 saturated carbocycles. The maximum absolute atomic E-state index is 12.7. The van der Waals surface area contributed by atoms with E-state index < -0.39 is 19.9 Å². The van der Waals surface area contributed by atoms with E-state index >= 15 is 0 Å². The lowest BCUT2D eigenvalue weighted by molar-refractivity contribution is 0.168. The van der Waals surface area contributed by atoms with Gasteiger partial charge in [0.2, 0.25) is 10.0 Å². The summed E-state index contributed by atoms with van der Waals surface area (Å²) in [6.45, 7) is 3.31. The average Bonchev–Trinajstić information content (AvgIpc) is 3.09. The molecule has 0 aromatic heterocycles. The molecule has 0 atom stereocenters. The van der Waals surface area contributed by atoms with Crippen LogP contribution in [0.15, 0.2) is 34.1 Å². The van der Waals surface area contributed by atoms with E-state index in [-0.39, 0.29) is 9.79 Å². The minimum Gasteiger partial charge on any atom is -0.300 e. The van der Waals surface area contributed by atoms with Crippen molar-refractivity contribution >= 4 is 19.9 Å². The molecule has 0 spiro atoms. The molecule has 2 fully saturated rings. The second-order valence-electron chi connectivity index (χ2n) is 6.62. The second kappa shape index (κ2) is 6.74. The van der Waals surface area contributed by atoms with E-state index in [4.69, 9.17) is 0 Å². The summed E-state index contributed by atoms with van der Waals surface area (Å²) >= 11 is 0. The van der Waals surface area contributed by atoms with Crippen LogP contribution in [0.4, 0.5) is 0 Å². The first kappa shape index (κ1) is 17.8. The van der Waals surface area contributed by atoms with Gasteiger partial charge < -0.3 is 4.90 Å². The highest BCUT2D eigenvalue weighted by Crippen LogP contribution is 2.25. The van der Waals surface area contributed by atoms with Crippen molar-refractivity contribution in [1.29, 1.82) is 0 Å². The summed E-state index contributed by atoms with van der Waals surface area (Å²) in [5.41, 5.74) is 0. The summed E-state index contributed by atoms with van der Waals surface area (Å²) in [7, 11) is -6.87. The van der Waals surface area contributed by atoms with Crippen LogP contribution in [0.2, 0.25) is 0 Å². The number of piperidine rings is 1. The number of rotatable bonds is 4. The Morgan fingerprint density at radius 2 is 1.33 bits per heavy atom. The first-order valence-electron chi connectivity index (χ1n) is 8.33. The Kier molecular flexibility index (Phi) is 5.01. The second-order valence-corrected chi connectivity index (χ2v) is 10.6. The van der Waals surface area contributed by atoms with Gasteiger partial charge in [0.15, 0.2) is 9.84 Å². The minimum atomic E-state index is -3.55. The molecule has 0 bridgehead atoms. The summed E-state index contributed by atoms with van der Waals surface area (Å²) in [6, 6.07) is 5.99. The van der Waals surface area contributed by atoms with Crippen molar-refractivity contribution in [3.05, 3.63) is 24.3 Å². The van der Waals surface area contributed by atoms with Gasteiger partial charge in [-0.1, -0.05) is 0 Å². The quantitative estimate of drug-likeness (QED) is 0.797. The molecule has 0 N–H and O–H groups in total. The predicted octanol–water partition coefficient (Wildman–Crippen LogP) is 1.34. The third kappa shape index (κ3) is 3.66. The molecule has 134 valence electrons. The van der Waals surface area contributed by atoms with Crippen molar-refractivity contribution in [1.82, 2.24) is 9.21 Å². The van der Waals surface area contributed by atoms with Gasteiger partial charge in [-0.3, -0.25) is 0 Å². The Morgan fingerprint density at radius 3 is 1.83 bits per heavy atom. The van der Waals surface area contributed by atoms with Gasteiger partial charge in [0, 0.05) is 25.4 Å².